The molecule has 3 rings (SSSR count). The smallest absolute Gasteiger partial charge is 0.288 e. The maximum atomic E-state index is 12.8. The summed E-state index contributed by atoms with van der Waals surface area (Å²) < 4.78 is 30.8. The van der Waals surface area contributed by atoms with Crippen LogP contribution in [0.2, 0.25) is 0 Å². The van der Waals surface area contributed by atoms with Gasteiger partial charge in [0.1, 0.15) is 10.6 Å². The maximum absolute atomic E-state index is 12.8. The van der Waals surface area contributed by atoms with Gasteiger partial charge in [0.05, 0.1) is 12.2 Å². The molecule has 1 aliphatic rings. The van der Waals surface area contributed by atoms with Crippen LogP contribution >= 0.6 is 23.1 Å². The molecule has 0 saturated carbocycles. The zero-order valence-corrected chi connectivity index (χ0v) is 16.9. The fourth-order valence-corrected chi connectivity index (χ4v) is 4.66. The number of hydrogen-bond donors (Lipinski definition) is 0. The molecular formula is C19H20F2N2O3S2. The van der Waals surface area contributed by atoms with Crippen LogP contribution < -0.4 is 4.74 Å². The van der Waals surface area contributed by atoms with Crippen molar-refractivity contribution in [2.75, 3.05) is 32.8 Å². The van der Waals surface area contributed by atoms with E-state index in [2.05, 4.69) is 0 Å². The minimum Gasteiger partial charge on any atom is -0.493 e. The highest BCUT2D eigenvalue weighted by atomic mass is 32.2. The number of piperazine rings is 1. The van der Waals surface area contributed by atoms with Gasteiger partial charge in [-0.3, -0.25) is 9.59 Å². The van der Waals surface area contributed by atoms with E-state index >= 15 is 0 Å². The van der Waals surface area contributed by atoms with Gasteiger partial charge in [0, 0.05) is 31.1 Å². The zero-order valence-electron chi connectivity index (χ0n) is 15.3. The van der Waals surface area contributed by atoms with Crippen molar-refractivity contribution >= 4 is 34.9 Å². The molecule has 0 atom stereocenters. The van der Waals surface area contributed by atoms with Crippen LogP contribution in [0.5, 0.6) is 5.75 Å². The Balaban J connectivity index is 1.64. The molecule has 28 heavy (non-hydrogen) atoms. The number of benzene rings is 1. The van der Waals surface area contributed by atoms with Crippen LogP contribution in [0.1, 0.15) is 27.0 Å². The number of hydrogen-bond acceptors (Lipinski definition) is 5. The third-order valence-electron chi connectivity index (χ3n) is 4.31. The second-order valence-electron chi connectivity index (χ2n) is 6.01. The van der Waals surface area contributed by atoms with E-state index in [9.17, 15) is 18.4 Å². The summed E-state index contributed by atoms with van der Waals surface area (Å²) in [5, 5.41) is 1.64. The third-order valence-corrected chi connectivity index (χ3v) is 6.11. The normalized spacial score (nSPS) is 14.4. The van der Waals surface area contributed by atoms with Gasteiger partial charge in [-0.15, -0.1) is 11.3 Å². The number of ether oxygens (including phenoxy) is 1. The molecule has 0 unspecified atom stereocenters. The van der Waals surface area contributed by atoms with Crippen molar-refractivity contribution in [2.45, 2.75) is 17.6 Å². The number of carbonyl (C=O) groups excluding carboxylic acids is 2. The highest BCUT2D eigenvalue weighted by molar-refractivity contribution is 7.99. The highest BCUT2D eigenvalue weighted by Crippen LogP contribution is 2.33. The van der Waals surface area contributed by atoms with E-state index in [1.54, 1.807) is 39.4 Å². The summed E-state index contributed by atoms with van der Waals surface area (Å²) in [7, 11) is 0. The number of alkyl halides is 2. The van der Waals surface area contributed by atoms with Crippen LogP contribution in [0, 0.1) is 0 Å². The number of nitrogens with zero attached hydrogens (tertiary/aromatic N) is 2. The number of amides is 2. The Morgan fingerprint density at radius 2 is 1.75 bits per heavy atom. The Morgan fingerprint density at radius 1 is 1.11 bits per heavy atom. The second-order valence-corrected chi connectivity index (χ2v) is 7.95. The fraction of sp³-hybridized carbons (Fsp3) is 0.368. The van der Waals surface area contributed by atoms with Gasteiger partial charge >= 0.3 is 0 Å². The van der Waals surface area contributed by atoms with Gasteiger partial charge in [0.15, 0.2) is 0 Å². The largest absolute Gasteiger partial charge is 0.493 e. The molecule has 0 radical (unpaired) electrons. The quantitative estimate of drug-likeness (QED) is 0.654. The fourth-order valence-electron chi connectivity index (χ4n) is 2.99. The van der Waals surface area contributed by atoms with Gasteiger partial charge in [-0.05, 0) is 30.5 Å². The van der Waals surface area contributed by atoms with E-state index < -0.39 is 5.76 Å². The average Bonchev–Trinajstić information content (AvgIpc) is 3.15. The molecule has 150 valence electrons. The van der Waals surface area contributed by atoms with Crippen molar-refractivity contribution in [1.29, 1.82) is 0 Å². The Morgan fingerprint density at radius 3 is 2.39 bits per heavy atom. The Kier molecular flexibility index (Phi) is 6.90. The van der Waals surface area contributed by atoms with Gasteiger partial charge in [0.25, 0.3) is 17.6 Å². The van der Waals surface area contributed by atoms with Crippen LogP contribution in [-0.4, -0.2) is 60.2 Å². The van der Waals surface area contributed by atoms with Crippen LogP contribution in [0.15, 0.2) is 40.6 Å². The first-order valence-corrected chi connectivity index (χ1v) is 10.6. The van der Waals surface area contributed by atoms with E-state index in [-0.39, 0.29) is 11.8 Å². The van der Waals surface area contributed by atoms with Crippen LogP contribution in [-0.2, 0) is 0 Å². The van der Waals surface area contributed by atoms with E-state index in [1.807, 2.05) is 13.0 Å². The lowest BCUT2D eigenvalue weighted by Gasteiger charge is -2.35. The van der Waals surface area contributed by atoms with Crippen molar-refractivity contribution in [3.05, 3.63) is 46.2 Å². The highest BCUT2D eigenvalue weighted by Gasteiger charge is 2.28. The van der Waals surface area contributed by atoms with Crippen molar-refractivity contribution < 1.29 is 23.1 Å². The number of halogens is 2. The lowest BCUT2D eigenvalue weighted by atomic mass is 10.1. The predicted octanol–water partition coefficient (Wildman–Crippen LogP) is 4.06. The molecule has 1 aliphatic heterocycles. The molecule has 0 N–H and O–H groups in total. The molecule has 0 bridgehead atoms. The molecule has 1 saturated heterocycles. The van der Waals surface area contributed by atoms with Crippen molar-refractivity contribution in [1.82, 2.24) is 9.80 Å². The van der Waals surface area contributed by atoms with Gasteiger partial charge in [-0.1, -0.05) is 23.9 Å². The minimum absolute atomic E-state index is 0.138. The van der Waals surface area contributed by atoms with Crippen molar-refractivity contribution in [3.63, 3.8) is 0 Å². The molecule has 2 amide bonds. The standard InChI is InChI=1S/C19H20F2N2O3S2/c1-2-26-14-6-4-3-5-13(14)17(24)22-8-10-23(11-9-22)18(25)16-15(7-12-27-16)28-19(20)21/h3-7,12,19H,2,8-11H2,1H3. The number of carbonyl (C=O) groups is 2. The number of rotatable bonds is 6. The van der Waals surface area contributed by atoms with Crippen LogP contribution in [0.25, 0.3) is 0 Å². The lowest BCUT2D eigenvalue weighted by molar-refractivity contribution is 0.0534. The Hall–Kier alpha value is -2.13. The number of thiophene rings is 1. The summed E-state index contributed by atoms with van der Waals surface area (Å²) in [6, 6.07) is 8.63. The van der Waals surface area contributed by atoms with E-state index in [1.165, 1.54) is 0 Å². The first-order chi connectivity index (χ1) is 13.5. The molecule has 1 aromatic heterocycles. The monoisotopic (exact) mass is 426 g/mol. The van der Waals surface area contributed by atoms with Gasteiger partial charge in [0.2, 0.25) is 0 Å². The summed E-state index contributed by atoms with van der Waals surface area (Å²) in [5.41, 5.74) is 0.498. The molecule has 2 aromatic rings. The summed E-state index contributed by atoms with van der Waals surface area (Å²) >= 11 is 1.55. The molecule has 1 fully saturated rings. The summed E-state index contributed by atoms with van der Waals surface area (Å²) in [6.07, 6.45) is 0. The van der Waals surface area contributed by atoms with Crippen molar-refractivity contribution in [2.24, 2.45) is 0 Å². The lowest BCUT2D eigenvalue weighted by Crippen LogP contribution is -2.50. The number of thioether (sulfide) groups is 1. The molecule has 2 heterocycles. The van der Waals surface area contributed by atoms with Crippen molar-refractivity contribution in [3.8, 4) is 5.75 Å². The molecule has 9 heteroatoms. The first-order valence-electron chi connectivity index (χ1n) is 8.84. The van der Waals surface area contributed by atoms with Gasteiger partial charge in [-0.25, -0.2) is 0 Å². The van der Waals surface area contributed by atoms with E-state index in [0.29, 0.717) is 65.6 Å². The molecule has 0 aliphatic carbocycles. The first kappa shape index (κ1) is 20.6. The summed E-state index contributed by atoms with van der Waals surface area (Å²) in [6.45, 7) is 3.81. The minimum atomic E-state index is -2.57. The molecule has 5 nitrogen and oxygen atoms in total. The summed E-state index contributed by atoms with van der Waals surface area (Å²) in [5.74, 6) is -2.43. The predicted molar refractivity (Wildman–Crippen MR) is 106 cm³/mol. The van der Waals surface area contributed by atoms with Gasteiger partial charge < -0.3 is 14.5 Å². The Labute approximate surface area is 170 Å². The topological polar surface area (TPSA) is 49.9 Å². The molecule has 1 aromatic carbocycles. The molecule has 0 spiro atoms. The SMILES string of the molecule is CCOc1ccccc1C(=O)N1CCN(C(=O)c2sccc2SC(F)F)CC1. The van der Waals surface area contributed by atoms with Crippen LogP contribution in [0.4, 0.5) is 8.78 Å². The molecular weight excluding hydrogens is 406 g/mol. The van der Waals surface area contributed by atoms with Crippen LogP contribution in [0.3, 0.4) is 0 Å². The third kappa shape index (κ3) is 4.64. The summed E-state index contributed by atoms with van der Waals surface area (Å²) in [4.78, 5) is 29.5. The number of para-hydroxylation sites is 1. The van der Waals surface area contributed by atoms with Gasteiger partial charge in [-0.2, -0.15) is 8.78 Å². The van der Waals surface area contributed by atoms with E-state index in [0.717, 1.165) is 11.3 Å². The second kappa shape index (κ2) is 9.38. The average molecular weight is 427 g/mol. The van der Waals surface area contributed by atoms with E-state index in [4.69, 9.17) is 4.74 Å². The Bertz CT molecular complexity index is 836. The maximum Gasteiger partial charge on any atom is 0.288 e. The zero-order chi connectivity index (χ0) is 20.1.